The lowest BCUT2D eigenvalue weighted by Gasteiger charge is -2.46. The van der Waals surface area contributed by atoms with Crippen molar-refractivity contribution in [3.63, 3.8) is 0 Å². The zero-order chi connectivity index (χ0) is 11.1. The Bertz CT molecular complexity index is 367. The summed E-state index contributed by atoms with van der Waals surface area (Å²) in [5.74, 6) is 0. The number of hydrogen-bond donors (Lipinski definition) is 2. The smallest absolute Gasteiger partial charge is 0.0558 e. The molecule has 3 N–H and O–H groups in total. The van der Waals surface area contributed by atoms with Crippen molar-refractivity contribution in [3.05, 3.63) is 34.9 Å². The summed E-state index contributed by atoms with van der Waals surface area (Å²) < 4.78 is 0. The quantitative estimate of drug-likeness (QED) is 0.771. The molecule has 0 unspecified atom stereocenters. The maximum atomic E-state index is 9.48. The van der Waals surface area contributed by atoms with Gasteiger partial charge in [0.2, 0.25) is 0 Å². The van der Waals surface area contributed by atoms with E-state index in [1.165, 1.54) is 16.7 Å². The molecular formula is C13H19NO. The van der Waals surface area contributed by atoms with E-state index in [4.69, 9.17) is 5.73 Å². The van der Waals surface area contributed by atoms with Crippen LogP contribution < -0.4 is 5.73 Å². The van der Waals surface area contributed by atoms with Crippen molar-refractivity contribution in [2.24, 2.45) is 5.73 Å². The van der Waals surface area contributed by atoms with E-state index in [0.29, 0.717) is 6.54 Å². The molecule has 2 heteroatoms. The van der Waals surface area contributed by atoms with Gasteiger partial charge in [0.25, 0.3) is 0 Å². The van der Waals surface area contributed by atoms with Crippen molar-refractivity contribution in [2.45, 2.75) is 38.2 Å². The van der Waals surface area contributed by atoms with Crippen LogP contribution in [0.1, 0.15) is 29.5 Å². The molecule has 1 aromatic rings. The highest BCUT2D eigenvalue weighted by Gasteiger charge is 2.44. The van der Waals surface area contributed by atoms with Crippen molar-refractivity contribution in [3.8, 4) is 0 Å². The van der Waals surface area contributed by atoms with E-state index in [0.717, 1.165) is 12.8 Å². The molecule has 2 nitrogen and oxygen atoms in total. The fraction of sp³-hybridized carbons (Fsp3) is 0.538. The first-order valence-corrected chi connectivity index (χ1v) is 5.54. The first-order valence-electron chi connectivity index (χ1n) is 5.54. The van der Waals surface area contributed by atoms with Crippen LogP contribution in [-0.4, -0.2) is 17.8 Å². The SMILES string of the molecule is Cc1cccc(C2(CN)CC(O)C2)c1C. The third-order valence-electron chi connectivity index (χ3n) is 3.82. The normalized spacial score (nSPS) is 30.0. The lowest BCUT2D eigenvalue weighted by Crippen LogP contribution is -2.50. The van der Waals surface area contributed by atoms with Crippen LogP contribution in [0.25, 0.3) is 0 Å². The molecule has 1 aromatic carbocycles. The predicted octanol–water partition coefficient (Wildman–Crippen LogP) is 1.65. The topological polar surface area (TPSA) is 46.2 Å². The molecule has 0 spiro atoms. The summed E-state index contributed by atoms with van der Waals surface area (Å²) in [6.45, 7) is 4.90. The summed E-state index contributed by atoms with van der Waals surface area (Å²) >= 11 is 0. The van der Waals surface area contributed by atoms with E-state index < -0.39 is 0 Å². The van der Waals surface area contributed by atoms with Gasteiger partial charge in [-0.2, -0.15) is 0 Å². The Labute approximate surface area is 91.1 Å². The van der Waals surface area contributed by atoms with Crippen LogP contribution in [0.5, 0.6) is 0 Å². The Balaban J connectivity index is 2.40. The van der Waals surface area contributed by atoms with Crippen molar-refractivity contribution >= 4 is 0 Å². The van der Waals surface area contributed by atoms with Crippen LogP contribution in [-0.2, 0) is 5.41 Å². The van der Waals surface area contributed by atoms with Gasteiger partial charge < -0.3 is 10.8 Å². The summed E-state index contributed by atoms with van der Waals surface area (Å²) in [6.07, 6.45) is 1.47. The molecule has 1 saturated carbocycles. The van der Waals surface area contributed by atoms with E-state index in [2.05, 4.69) is 32.0 Å². The van der Waals surface area contributed by atoms with Gasteiger partial charge in [-0.3, -0.25) is 0 Å². The minimum Gasteiger partial charge on any atom is -0.393 e. The van der Waals surface area contributed by atoms with Gasteiger partial charge in [0.15, 0.2) is 0 Å². The lowest BCUT2D eigenvalue weighted by atomic mass is 9.61. The summed E-state index contributed by atoms with van der Waals surface area (Å²) in [6, 6.07) is 6.36. The lowest BCUT2D eigenvalue weighted by molar-refractivity contribution is 0.0218. The molecule has 15 heavy (non-hydrogen) atoms. The van der Waals surface area contributed by atoms with E-state index in [-0.39, 0.29) is 11.5 Å². The van der Waals surface area contributed by atoms with Gasteiger partial charge >= 0.3 is 0 Å². The van der Waals surface area contributed by atoms with E-state index in [9.17, 15) is 5.11 Å². The second kappa shape index (κ2) is 3.62. The molecule has 0 atom stereocenters. The standard InChI is InChI=1S/C13H19NO/c1-9-4-3-5-12(10(9)2)13(8-14)6-11(15)7-13/h3-5,11,15H,6-8,14H2,1-2H3. The molecule has 0 bridgehead atoms. The molecule has 1 aliphatic rings. The van der Waals surface area contributed by atoms with E-state index in [1.807, 2.05) is 0 Å². The minimum atomic E-state index is -0.159. The van der Waals surface area contributed by atoms with Crippen molar-refractivity contribution in [1.29, 1.82) is 0 Å². The zero-order valence-corrected chi connectivity index (χ0v) is 9.46. The maximum absolute atomic E-state index is 9.48. The minimum absolute atomic E-state index is 0.0372. The fourth-order valence-corrected chi connectivity index (χ4v) is 2.66. The first-order chi connectivity index (χ1) is 7.09. The molecule has 82 valence electrons. The predicted molar refractivity (Wildman–Crippen MR) is 61.9 cm³/mol. The van der Waals surface area contributed by atoms with Crippen LogP contribution in [0.4, 0.5) is 0 Å². The number of aliphatic hydroxyl groups excluding tert-OH is 1. The van der Waals surface area contributed by atoms with Crippen LogP contribution in [0.3, 0.4) is 0 Å². The van der Waals surface area contributed by atoms with Gasteiger partial charge in [-0.05, 0) is 43.4 Å². The Morgan fingerprint density at radius 3 is 2.60 bits per heavy atom. The number of rotatable bonds is 2. The molecule has 0 amide bonds. The molecule has 0 saturated heterocycles. The number of aliphatic hydroxyl groups is 1. The number of aryl methyl sites for hydroxylation is 1. The van der Waals surface area contributed by atoms with Crippen LogP contribution in [0, 0.1) is 13.8 Å². The highest BCUT2D eigenvalue weighted by atomic mass is 16.3. The molecule has 0 aromatic heterocycles. The average molecular weight is 205 g/mol. The highest BCUT2D eigenvalue weighted by Crippen LogP contribution is 2.44. The van der Waals surface area contributed by atoms with E-state index >= 15 is 0 Å². The van der Waals surface area contributed by atoms with Gasteiger partial charge in [-0.15, -0.1) is 0 Å². The average Bonchev–Trinajstić information content (AvgIpc) is 2.17. The van der Waals surface area contributed by atoms with Gasteiger partial charge in [0.05, 0.1) is 6.10 Å². The second-order valence-electron chi connectivity index (χ2n) is 4.79. The van der Waals surface area contributed by atoms with Crippen molar-refractivity contribution in [2.75, 3.05) is 6.54 Å². The Morgan fingerprint density at radius 2 is 2.07 bits per heavy atom. The van der Waals surface area contributed by atoms with Crippen LogP contribution >= 0.6 is 0 Å². The largest absolute Gasteiger partial charge is 0.393 e. The monoisotopic (exact) mass is 205 g/mol. The number of nitrogens with two attached hydrogens (primary N) is 1. The number of benzene rings is 1. The zero-order valence-electron chi connectivity index (χ0n) is 9.46. The molecule has 0 aliphatic heterocycles. The second-order valence-corrected chi connectivity index (χ2v) is 4.79. The van der Waals surface area contributed by atoms with Crippen molar-refractivity contribution in [1.82, 2.24) is 0 Å². The molecular weight excluding hydrogens is 186 g/mol. The molecule has 2 rings (SSSR count). The highest BCUT2D eigenvalue weighted by molar-refractivity contribution is 5.41. The van der Waals surface area contributed by atoms with Crippen molar-refractivity contribution < 1.29 is 5.11 Å². The summed E-state index contributed by atoms with van der Waals surface area (Å²) in [4.78, 5) is 0. The Kier molecular flexibility index (Phi) is 2.57. The molecule has 1 fully saturated rings. The van der Waals surface area contributed by atoms with Gasteiger partial charge in [-0.1, -0.05) is 18.2 Å². The first kappa shape index (κ1) is 10.7. The summed E-state index contributed by atoms with van der Waals surface area (Å²) in [5, 5.41) is 9.48. The third kappa shape index (κ3) is 1.58. The third-order valence-corrected chi connectivity index (χ3v) is 3.82. The van der Waals surface area contributed by atoms with Crippen LogP contribution in [0.2, 0.25) is 0 Å². The van der Waals surface area contributed by atoms with E-state index in [1.54, 1.807) is 0 Å². The molecule has 0 heterocycles. The number of hydrogen-bond acceptors (Lipinski definition) is 2. The maximum Gasteiger partial charge on any atom is 0.0558 e. The Hall–Kier alpha value is -0.860. The Morgan fingerprint density at radius 1 is 1.40 bits per heavy atom. The molecule has 1 aliphatic carbocycles. The summed E-state index contributed by atoms with van der Waals surface area (Å²) in [7, 11) is 0. The van der Waals surface area contributed by atoms with Gasteiger partial charge in [0, 0.05) is 12.0 Å². The van der Waals surface area contributed by atoms with Gasteiger partial charge in [0.1, 0.15) is 0 Å². The van der Waals surface area contributed by atoms with Gasteiger partial charge in [-0.25, -0.2) is 0 Å². The summed E-state index contributed by atoms with van der Waals surface area (Å²) in [5.41, 5.74) is 9.87. The van der Waals surface area contributed by atoms with Crippen LogP contribution in [0.15, 0.2) is 18.2 Å². The molecule has 0 radical (unpaired) electrons. The fourth-order valence-electron chi connectivity index (χ4n) is 2.66.